The van der Waals surface area contributed by atoms with Gasteiger partial charge in [0.05, 0.1) is 0 Å². The first-order valence-corrected chi connectivity index (χ1v) is 6.91. The van der Waals surface area contributed by atoms with Crippen molar-refractivity contribution in [2.45, 2.75) is 46.0 Å². The third kappa shape index (κ3) is 3.37. The third-order valence-electron chi connectivity index (χ3n) is 3.84. The van der Waals surface area contributed by atoms with E-state index in [0.29, 0.717) is 6.61 Å². The minimum atomic E-state index is -0.138. The van der Waals surface area contributed by atoms with Crippen LogP contribution in [0, 0.1) is 0 Å². The molecule has 3 heteroatoms. The van der Waals surface area contributed by atoms with Crippen LogP contribution in [0.1, 0.15) is 46.0 Å². The zero-order valence-electron chi connectivity index (χ0n) is 11.5. The highest BCUT2D eigenvalue weighted by Gasteiger charge is 2.19. The number of ether oxygens (including phenoxy) is 1. The normalized spacial score (nSPS) is 19.8. The molecule has 100 valence electrons. The van der Waals surface area contributed by atoms with Crippen molar-refractivity contribution in [3.05, 3.63) is 22.8 Å². The molecule has 0 atom stereocenters. The average molecular weight is 249 g/mol. The Kier molecular flexibility index (Phi) is 4.45. The highest BCUT2D eigenvalue weighted by atomic mass is 16.6. The summed E-state index contributed by atoms with van der Waals surface area (Å²) in [5.41, 5.74) is 4.23. The van der Waals surface area contributed by atoms with Gasteiger partial charge in [0.2, 0.25) is 0 Å². The number of likely N-dealkylation sites (tertiary alicyclic amines) is 1. The summed E-state index contributed by atoms with van der Waals surface area (Å²) >= 11 is 0. The van der Waals surface area contributed by atoms with Crippen LogP contribution >= 0.6 is 0 Å². The molecule has 18 heavy (non-hydrogen) atoms. The maximum Gasteiger partial charge on any atom is 0.410 e. The fourth-order valence-corrected chi connectivity index (χ4v) is 2.51. The lowest BCUT2D eigenvalue weighted by atomic mass is 9.92. The zero-order valence-corrected chi connectivity index (χ0v) is 11.5. The molecule has 1 aliphatic carbocycles. The summed E-state index contributed by atoms with van der Waals surface area (Å²) in [6.07, 6.45) is 7.50. The van der Waals surface area contributed by atoms with Crippen LogP contribution < -0.4 is 0 Å². The summed E-state index contributed by atoms with van der Waals surface area (Å²) in [5, 5.41) is 0. The van der Waals surface area contributed by atoms with Crippen LogP contribution in [0.3, 0.4) is 0 Å². The molecule has 1 aliphatic heterocycles. The molecule has 0 unspecified atom stereocenters. The molecule has 0 spiro atoms. The number of rotatable bonds is 2. The number of hydrogen-bond acceptors (Lipinski definition) is 2. The Morgan fingerprint density at radius 1 is 1.28 bits per heavy atom. The summed E-state index contributed by atoms with van der Waals surface area (Å²) in [4.78, 5) is 13.5. The molecular weight excluding hydrogens is 226 g/mol. The second kappa shape index (κ2) is 6.07. The van der Waals surface area contributed by atoms with Gasteiger partial charge in [-0.3, -0.25) is 0 Å². The number of carbonyl (C=O) groups excluding carboxylic acids is 1. The van der Waals surface area contributed by atoms with Gasteiger partial charge in [0.15, 0.2) is 0 Å². The highest BCUT2D eigenvalue weighted by molar-refractivity contribution is 5.68. The summed E-state index contributed by atoms with van der Waals surface area (Å²) in [6.45, 7) is 6.54. The molecule has 0 aromatic heterocycles. The van der Waals surface area contributed by atoms with Crippen molar-refractivity contribution in [1.82, 2.24) is 4.90 Å². The van der Waals surface area contributed by atoms with E-state index in [0.717, 1.165) is 45.2 Å². The molecule has 0 aromatic carbocycles. The lowest BCUT2D eigenvalue weighted by molar-refractivity contribution is 0.118. The zero-order chi connectivity index (χ0) is 13.0. The van der Waals surface area contributed by atoms with E-state index in [1.807, 2.05) is 4.90 Å². The average Bonchev–Trinajstić information content (AvgIpc) is 2.90. The van der Waals surface area contributed by atoms with Gasteiger partial charge < -0.3 is 9.64 Å². The van der Waals surface area contributed by atoms with Gasteiger partial charge in [-0.1, -0.05) is 17.2 Å². The number of carbonyl (C=O) groups is 1. The number of amides is 1. The molecular formula is C15H23NO2. The van der Waals surface area contributed by atoms with Crippen molar-refractivity contribution in [2.75, 3.05) is 19.7 Å². The Balaban J connectivity index is 1.77. The Morgan fingerprint density at radius 3 is 2.56 bits per heavy atom. The summed E-state index contributed by atoms with van der Waals surface area (Å²) in [7, 11) is 0. The fraction of sp³-hybridized carbons (Fsp3) is 0.667. The molecule has 0 N–H and O–H groups in total. The summed E-state index contributed by atoms with van der Waals surface area (Å²) < 4.78 is 5.36. The van der Waals surface area contributed by atoms with E-state index in [4.69, 9.17) is 4.74 Å². The van der Waals surface area contributed by atoms with Crippen molar-refractivity contribution < 1.29 is 9.53 Å². The standard InChI is InChI=1S/C15H23NO2/c1-12(2)14-7-5-13(6-8-14)11-18-15(17)16-9-3-4-10-16/h5H,3-4,6-11H2,1-2H3. The van der Waals surface area contributed by atoms with Gasteiger partial charge in [-0.25, -0.2) is 4.79 Å². The molecule has 0 aromatic rings. The summed E-state index contributed by atoms with van der Waals surface area (Å²) in [6, 6.07) is 0. The highest BCUT2D eigenvalue weighted by Crippen LogP contribution is 2.25. The van der Waals surface area contributed by atoms with Crippen molar-refractivity contribution in [3.8, 4) is 0 Å². The van der Waals surface area contributed by atoms with Gasteiger partial charge in [0.1, 0.15) is 6.61 Å². The van der Waals surface area contributed by atoms with Crippen molar-refractivity contribution in [3.63, 3.8) is 0 Å². The topological polar surface area (TPSA) is 29.5 Å². The molecule has 1 fully saturated rings. The number of nitrogens with zero attached hydrogens (tertiary/aromatic N) is 1. The van der Waals surface area contributed by atoms with Crippen LogP contribution in [0.5, 0.6) is 0 Å². The van der Waals surface area contributed by atoms with E-state index in [1.54, 1.807) is 0 Å². The van der Waals surface area contributed by atoms with Gasteiger partial charge in [-0.15, -0.1) is 0 Å². The van der Waals surface area contributed by atoms with Gasteiger partial charge in [-0.05, 0) is 51.5 Å². The van der Waals surface area contributed by atoms with E-state index < -0.39 is 0 Å². The Bertz CT molecular complexity index is 372. The maximum absolute atomic E-state index is 11.7. The van der Waals surface area contributed by atoms with Crippen LogP contribution in [0.2, 0.25) is 0 Å². The van der Waals surface area contributed by atoms with E-state index in [-0.39, 0.29) is 6.09 Å². The second-order valence-corrected chi connectivity index (χ2v) is 5.42. The largest absolute Gasteiger partial charge is 0.445 e. The quantitative estimate of drug-likeness (QED) is 0.699. The van der Waals surface area contributed by atoms with Crippen LogP contribution in [-0.2, 0) is 4.74 Å². The first kappa shape index (κ1) is 13.2. The number of allylic oxidation sites excluding steroid dienone is 3. The lowest BCUT2D eigenvalue weighted by Gasteiger charge is -2.19. The predicted octanol–water partition coefficient (Wildman–Crippen LogP) is 3.67. The SMILES string of the molecule is CC(C)=C1CC=C(COC(=O)N2CCCC2)CC1. The molecule has 1 heterocycles. The van der Waals surface area contributed by atoms with Gasteiger partial charge >= 0.3 is 6.09 Å². The Hall–Kier alpha value is -1.25. The van der Waals surface area contributed by atoms with Crippen molar-refractivity contribution in [1.29, 1.82) is 0 Å². The maximum atomic E-state index is 11.7. The molecule has 1 saturated heterocycles. The van der Waals surface area contributed by atoms with Gasteiger partial charge in [0, 0.05) is 13.1 Å². The minimum Gasteiger partial charge on any atom is -0.445 e. The van der Waals surface area contributed by atoms with Crippen LogP contribution in [0.4, 0.5) is 4.79 Å². The molecule has 0 bridgehead atoms. The molecule has 0 radical (unpaired) electrons. The minimum absolute atomic E-state index is 0.138. The second-order valence-electron chi connectivity index (χ2n) is 5.42. The molecule has 2 rings (SSSR count). The van der Waals surface area contributed by atoms with E-state index >= 15 is 0 Å². The molecule has 2 aliphatic rings. The molecule has 1 amide bonds. The van der Waals surface area contributed by atoms with Crippen LogP contribution in [-0.4, -0.2) is 30.7 Å². The van der Waals surface area contributed by atoms with Crippen molar-refractivity contribution >= 4 is 6.09 Å². The first-order chi connectivity index (χ1) is 8.66. The summed E-state index contributed by atoms with van der Waals surface area (Å²) in [5.74, 6) is 0. The smallest absolute Gasteiger partial charge is 0.410 e. The van der Waals surface area contributed by atoms with Crippen LogP contribution in [0.15, 0.2) is 22.8 Å². The molecule has 3 nitrogen and oxygen atoms in total. The van der Waals surface area contributed by atoms with E-state index in [1.165, 1.54) is 16.7 Å². The fourth-order valence-electron chi connectivity index (χ4n) is 2.51. The Labute approximate surface area is 109 Å². The van der Waals surface area contributed by atoms with Gasteiger partial charge in [-0.2, -0.15) is 0 Å². The molecule has 0 saturated carbocycles. The van der Waals surface area contributed by atoms with E-state index in [2.05, 4.69) is 19.9 Å². The predicted molar refractivity (Wildman–Crippen MR) is 72.5 cm³/mol. The van der Waals surface area contributed by atoms with Crippen molar-refractivity contribution in [2.24, 2.45) is 0 Å². The van der Waals surface area contributed by atoms with E-state index in [9.17, 15) is 4.79 Å². The Morgan fingerprint density at radius 2 is 2.00 bits per heavy atom. The lowest BCUT2D eigenvalue weighted by Crippen LogP contribution is -2.29. The third-order valence-corrected chi connectivity index (χ3v) is 3.84. The monoisotopic (exact) mass is 249 g/mol. The van der Waals surface area contributed by atoms with Crippen LogP contribution in [0.25, 0.3) is 0 Å². The number of hydrogen-bond donors (Lipinski definition) is 0. The first-order valence-electron chi connectivity index (χ1n) is 6.91. The van der Waals surface area contributed by atoms with Gasteiger partial charge in [0.25, 0.3) is 0 Å².